The average Bonchev–Trinajstić information content (AvgIpc) is 2.81. The molecule has 0 spiro atoms. The Balaban J connectivity index is 2.80. The van der Waals surface area contributed by atoms with E-state index in [2.05, 4.69) is 14.1 Å². The van der Waals surface area contributed by atoms with Crippen LogP contribution < -0.4 is 5.32 Å². The molecule has 1 aromatic heterocycles. The van der Waals surface area contributed by atoms with Crippen LogP contribution in [0.3, 0.4) is 0 Å². The number of aromatic nitrogens is 2. The van der Waals surface area contributed by atoms with Gasteiger partial charge in [0.15, 0.2) is 5.69 Å². The van der Waals surface area contributed by atoms with Gasteiger partial charge in [0.2, 0.25) is 0 Å². The second-order valence-electron chi connectivity index (χ2n) is 3.82. The fourth-order valence-electron chi connectivity index (χ4n) is 1.52. The van der Waals surface area contributed by atoms with E-state index in [9.17, 15) is 9.59 Å². The van der Waals surface area contributed by atoms with E-state index < -0.39 is 17.4 Å². The van der Waals surface area contributed by atoms with Crippen LogP contribution in [0.15, 0.2) is 6.20 Å². The number of carbonyl (C=O) groups is 2. The predicted molar refractivity (Wildman–Crippen MR) is 62.7 cm³/mol. The maximum atomic E-state index is 11.8. The van der Waals surface area contributed by atoms with Crippen LogP contribution in [0.4, 0.5) is 0 Å². The lowest BCUT2D eigenvalue weighted by molar-refractivity contribution is -0.147. The van der Waals surface area contributed by atoms with E-state index >= 15 is 0 Å². The summed E-state index contributed by atoms with van der Waals surface area (Å²) in [6.07, 6.45) is 2.62. The third-order valence-electron chi connectivity index (χ3n) is 2.37. The van der Waals surface area contributed by atoms with Gasteiger partial charge in [0, 0.05) is 0 Å². The molecular weight excluding hydrogens is 242 g/mol. The number of amides is 1. The van der Waals surface area contributed by atoms with Gasteiger partial charge in [0.05, 0.1) is 25.0 Å². The number of hydrogen-bond acceptors (Lipinski definition) is 6. The third kappa shape index (κ3) is 3.23. The molecule has 0 bridgehead atoms. The zero-order valence-electron chi connectivity index (χ0n) is 10.0. The van der Waals surface area contributed by atoms with Gasteiger partial charge in [-0.2, -0.15) is 8.75 Å². The van der Waals surface area contributed by atoms with Crippen LogP contribution in [0.2, 0.25) is 0 Å². The van der Waals surface area contributed by atoms with Crippen molar-refractivity contribution in [1.29, 1.82) is 0 Å². The van der Waals surface area contributed by atoms with Crippen molar-refractivity contribution in [3.63, 3.8) is 0 Å². The number of nitrogens with one attached hydrogen (secondary N) is 1. The molecule has 0 aliphatic heterocycles. The highest BCUT2D eigenvalue weighted by Gasteiger charge is 2.35. The molecule has 0 saturated carbocycles. The smallest absolute Gasteiger partial charge is 0.331 e. The zero-order chi connectivity index (χ0) is 12.9. The summed E-state index contributed by atoms with van der Waals surface area (Å²) in [5.41, 5.74) is -0.814. The first-order valence-corrected chi connectivity index (χ1v) is 5.95. The van der Waals surface area contributed by atoms with Crippen LogP contribution in [-0.2, 0) is 9.53 Å². The predicted octanol–water partition coefficient (Wildman–Crippen LogP) is 1.000. The van der Waals surface area contributed by atoms with E-state index in [1.54, 1.807) is 6.92 Å². The van der Waals surface area contributed by atoms with Crippen molar-refractivity contribution >= 4 is 23.6 Å². The number of methoxy groups -OCH3 is 1. The summed E-state index contributed by atoms with van der Waals surface area (Å²) >= 11 is 0.944. The standard InChI is InChI=1S/C10H15N3O3S/c1-4-5-10(2,9(15)16-3)12-8(14)7-6-11-17-13-7/h6H,4-5H2,1-3H3,(H,12,14). The van der Waals surface area contributed by atoms with Crippen molar-refractivity contribution in [1.82, 2.24) is 14.1 Å². The Morgan fingerprint density at radius 2 is 2.29 bits per heavy atom. The maximum Gasteiger partial charge on any atom is 0.331 e. The van der Waals surface area contributed by atoms with Crippen molar-refractivity contribution in [2.45, 2.75) is 32.2 Å². The third-order valence-corrected chi connectivity index (χ3v) is 2.85. The molecule has 94 valence electrons. The SMILES string of the molecule is CCCC(C)(NC(=O)c1cnsn1)C(=O)OC. The monoisotopic (exact) mass is 257 g/mol. The molecule has 1 N–H and O–H groups in total. The van der Waals surface area contributed by atoms with Gasteiger partial charge in [-0.1, -0.05) is 13.3 Å². The van der Waals surface area contributed by atoms with Crippen LogP contribution in [0.5, 0.6) is 0 Å². The van der Waals surface area contributed by atoms with E-state index in [0.29, 0.717) is 6.42 Å². The lowest BCUT2D eigenvalue weighted by Crippen LogP contribution is -2.52. The van der Waals surface area contributed by atoms with Crippen LogP contribution in [0.25, 0.3) is 0 Å². The summed E-state index contributed by atoms with van der Waals surface area (Å²) < 4.78 is 12.2. The zero-order valence-corrected chi connectivity index (χ0v) is 10.8. The van der Waals surface area contributed by atoms with Gasteiger partial charge in [0.1, 0.15) is 5.54 Å². The topological polar surface area (TPSA) is 81.2 Å². The Morgan fingerprint density at radius 3 is 2.76 bits per heavy atom. The molecule has 1 rings (SSSR count). The van der Waals surface area contributed by atoms with Crippen molar-refractivity contribution < 1.29 is 14.3 Å². The average molecular weight is 257 g/mol. The Kier molecular flexibility index (Phi) is 4.56. The molecule has 0 aromatic carbocycles. The minimum atomic E-state index is -1.02. The van der Waals surface area contributed by atoms with E-state index in [4.69, 9.17) is 4.74 Å². The molecule has 17 heavy (non-hydrogen) atoms. The van der Waals surface area contributed by atoms with Crippen molar-refractivity contribution in [2.75, 3.05) is 7.11 Å². The van der Waals surface area contributed by atoms with Gasteiger partial charge in [-0.05, 0) is 13.3 Å². The fourth-order valence-corrected chi connectivity index (χ4v) is 1.93. The summed E-state index contributed by atoms with van der Waals surface area (Å²) in [5, 5.41) is 2.64. The Bertz CT molecular complexity index is 394. The molecule has 1 unspecified atom stereocenters. The summed E-state index contributed by atoms with van der Waals surface area (Å²) in [6.45, 7) is 3.57. The molecule has 7 heteroatoms. The Labute approximate surface area is 104 Å². The Morgan fingerprint density at radius 1 is 1.59 bits per heavy atom. The Hall–Kier alpha value is -1.50. The number of esters is 1. The van der Waals surface area contributed by atoms with Crippen molar-refractivity contribution in [3.8, 4) is 0 Å². The summed E-state index contributed by atoms with van der Waals surface area (Å²) in [4.78, 5) is 23.5. The van der Waals surface area contributed by atoms with Gasteiger partial charge in [-0.25, -0.2) is 4.79 Å². The lowest BCUT2D eigenvalue weighted by atomic mass is 9.96. The number of nitrogens with zero attached hydrogens (tertiary/aromatic N) is 2. The minimum Gasteiger partial charge on any atom is -0.467 e. The number of rotatable bonds is 5. The van der Waals surface area contributed by atoms with Crippen molar-refractivity contribution in [3.05, 3.63) is 11.9 Å². The number of carbonyl (C=O) groups excluding carboxylic acids is 2. The van der Waals surface area contributed by atoms with Gasteiger partial charge < -0.3 is 10.1 Å². The molecule has 1 atom stereocenters. The first-order chi connectivity index (χ1) is 8.03. The summed E-state index contributed by atoms with van der Waals surface area (Å²) in [5.74, 6) is -0.879. The number of ether oxygens (including phenoxy) is 1. The summed E-state index contributed by atoms with van der Waals surface area (Å²) in [7, 11) is 1.30. The normalized spacial score (nSPS) is 13.8. The van der Waals surface area contributed by atoms with Crippen LogP contribution >= 0.6 is 11.7 Å². The molecule has 1 heterocycles. The lowest BCUT2D eigenvalue weighted by Gasteiger charge is -2.26. The highest BCUT2D eigenvalue weighted by Crippen LogP contribution is 2.15. The second-order valence-corrected chi connectivity index (χ2v) is 4.38. The van der Waals surface area contributed by atoms with E-state index in [1.807, 2.05) is 6.92 Å². The molecule has 0 fully saturated rings. The quantitative estimate of drug-likeness (QED) is 0.796. The van der Waals surface area contributed by atoms with Gasteiger partial charge in [-0.3, -0.25) is 4.79 Å². The highest BCUT2D eigenvalue weighted by molar-refractivity contribution is 6.99. The molecule has 1 amide bonds. The fraction of sp³-hybridized carbons (Fsp3) is 0.600. The van der Waals surface area contributed by atoms with Crippen molar-refractivity contribution in [2.24, 2.45) is 0 Å². The van der Waals surface area contributed by atoms with Gasteiger partial charge in [0.25, 0.3) is 5.91 Å². The van der Waals surface area contributed by atoms with Crippen LogP contribution in [-0.4, -0.2) is 33.3 Å². The molecule has 0 radical (unpaired) electrons. The first-order valence-electron chi connectivity index (χ1n) is 5.22. The highest BCUT2D eigenvalue weighted by atomic mass is 32.1. The van der Waals surface area contributed by atoms with E-state index in [0.717, 1.165) is 18.1 Å². The van der Waals surface area contributed by atoms with Crippen LogP contribution in [0.1, 0.15) is 37.2 Å². The molecular formula is C10H15N3O3S. The molecule has 0 aliphatic rings. The molecule has 1 aromatic rings. The minimum absolute atomic E-state index is 0.209. The molecule has 6 nitrogen and oxygen atoms in total. The van der Waals surface area contributed by atoms with E-state index in [1.165, 1.54) is 13.3 Å². The largest absolute Gasteiger partial charge is 0.467 e. The van der Waals surface area contributed by atoms with Gasteiger partial charge in [-0.15, -0.1) is 0 Å². The number of hydrogen-bond donors (Lipinski definition) is 1. The molecule has 0 aliphatic carbocycles. The first kappa shape index (κ1) is 13.6. The van der Waals surface area contributed by atoms with Gasteiger partial charge >= 0.3 is 5.97 Å². The second kappa shape index (κ2) is 5.72. The maximum absolute atomic E-state index is 11.8. The van der Waals surface area contributed by atoms with E-state index in [-0.39, 0.29) is 5.69 Å². The molecule has 0 saturated heterocycles. The summed E-state index contributed by atoms with van der Waals surface area (Å²) in [6, 6.07) is 0. The van der Waals surface area contributed by atoms with Crippen LogP contribution in [0, 0.1) is 0 Å².